The van der Waals surface area contributed by atoms with Crippen molar-refractivity contribution in [2.45, 2.75) is 88.8 Å². The van der Waals surface area contributed by atoms with E-state index in [2.05, 4.69) is 36.9 Å². The summed E-state index contributed by atoms with van der Waals surface area (Å²) in [6.45, 7) is 0.992. The fraction of sp³-hybridized carbons (Fsp3) is 0.692. The lowest BCUT2D eigenvalue weighted by Crippen LogP contribution is -2.56. The first-order valence-corrected chi connectivity index (χ1v) is 15.0. The first-order chi connectivity index (χ1) is 20.9. The topological polar surface area (TPSA) is 285 Å². The summed E-state index contributed by atoms with van der Waals surface area (Å²) in [6, 6.07) is -3.09. The van der Waals surface area contributed by atoms with E-state index in [-0.39, 0.29) is 69.9 Å². The Bertz CT molecular complexity index is 1040. The number of rotatable bonds is 14. The maximum absolute atomic E-state index is 13.4. The molecule has 17 nitrogen and oxygen atoms in total. The number of nitrogens with two attached hydrogens (primary N) is 3. The van der Waals surface area contributed by atoms with Crippen molar-refractivity contribution in [2.24, 2.45) is 22.2 Å². The summed E-state index contributed by atoms with van der Waals surface area (Å²) in [5.74, 6) is -3.77. The van der Waals surface area contributed by atoms with E-state index in [1.807, 2.05) is 0 Å². The molecule has 248 valence electrons. The Morgan fingerprint density at radius 3 is 2.16 bits per heavy atom. The second-order valence-electron chi connectivity index (χ2n) is 10.3. The van der Waals surface area contributed by atoms with Crippen LogP contribution in [0.1, 0.15) is 70.6 Å². The van der Waals surface area contributed by atoms with Gasteiger partial charge >= 0.3 is 5.97 Å². The van der Waals surface area contributed by atoms with Gasteiger partial charge in [0.2, 0.25) is 29.5 Å². The van der Waals surface area contributed by atoms with E-state index in [1.54, 1.807) is 0 Å². The van der Waals surface area contributed by atoms with E-state index < -0.39 is 47.7 Å². The largest absolute Gasteiger partial charge is 0.481 e. The number of aliphatic carboxylic acids is 1. The zero-order chi connectivity index (χ0) is 32.9. The molecule has 1 fully saturated rings. The third-order valence-corrected chi connectivity index (χ3v) is 6.83. The molecule has 0 bridgehead atoms. The highest BCUT2D eigenvalue weighted by Crippen LogP contribution is 2.08. The predicted molar refractivity (Wildman–Crippen MR) is 166 cm³/mol. The van der Waals surface area contributed by atoms with Gasteiger partial charge in [0.15, 0.2) is 11.1 Å². The minimum absolute atomic E-state index is 0.0580. The number of primary amides is 1. The van der Waals surface area contributed by atoms with Gasteiger partial charge in [0.25, 0.3) is 0 Å². The number of nitrogens with one attached hydrogen (secondary N) is 6. The van der Waals surface area contributed by atoms with E-state index in [1.165, 1.54) is 0 Å². The van der Waals surface area contributed by atoms with Gasteiger partial charge in [0.1, 0.15) is 18.1 Å². The molecule has 1 aliphatic heterocycles. The van der Waals surface area contributed by atoms with Crippen LogP contribution in [0.4, 0.5) is 0 Å². The van der Waals surface area contributed by atoms with Crippen LogP contribution in [-0.4, -0.2) is 96.0 Å². The quantitative estimate of drug-likeness (QED) is 0.0397. The molecule has 44 heavy (non-hydrogen) atoms. The first kappa shape index (κ1) is 37.8. The van der Waals surface area contributed by atoms with Crippen molar-refractivity contribution in [2.75, 3.05) is 26.2 Å². The van der Waals surface area contributed by atoms with Gasteiger partial charge in [-0.3, -0.25) is 33.8 Å². The molecule has 0 saturated carbocycles. The van der Waals surface area contributed by atoms with E-state index in [0.717, 1.165) is 0 Å². The van der Waals surface area contributed by atoms with Gasteiger partial charge in [-0.15, -0.1) is 0 Å². The molecule has 1 aliphatic rings. The minimum Gasteiger partial charge on any atom is -0.481 e. The van der Waals surface area contributed by atoms with Gasteiger partial charge in [-0.2, -0.15) is 0 Å². The molecule has 1 saturated heterocycles. The zero-order valence-electron chi connectivity index (χ0n) is 24.8. The molecular weight excluding hydrogens is 596 g/mol. The molecule has 0 aromatic heterocycles. The number of amides is 5. The third-order valence-electron chi connectivity index (χ3n) is 6.54. The number of carbonyl (C=O) groups is 6. The SMILES string of the molecule is NC(=O)[C@@H]1CCCC(=O)NCCC(=O)N[C@@H](CCCCN=C(N)N)C(=O)N[C@@H](CCCCNC(=S)NCCC(=O)O)C(=O)N1. The number of unbranched alkanes of at least 4 members (excludes halogenated alkanes) is 2. The van der Waals surface area contributed by atoms with Gasteiger partial charge in [0, 0.05) is 39.0 Å². The normalized spacial score (nSPS) is 20.2. The molecule has 5 amide bonds. The molecule has 18 heteroatoms. The van der Waals surface area contributed by atoms with Crippen LogP contribution in [0.2, 0.25) is 0 Å². The van der Waals surface area contributed by atoms with Crippen LogP contribution in [0.3, 0.4) is 0 Å². The van der Waals surface area contributed by atoms with E-state index in [4.69, 9.17) is 34.5 Å². The molecule has 1 heterocycles. The van der Waals surface area contributed by atoms with E-state index >= 15 is 0 Å². The van der Waals surface area contributed by atoms with Gasteiger partial charge < -0.3 is 54.2 Å². The summed E-state index contributed by atoms with van der Waals surface area (Å²) in [5, 5.41) is 25.3. The average molecular weight is 643 g/mol. The fourth-order valence-electron chi connectivity index (χ4n) is 4.19. The molecule has 0 aliphatic carbocycles. The second kappa shape index (κ2) is 21.5. The number of nitrogens with zero attached hydrogens (tertiary/aromatic N) is 1. The number of hydrogen-bond donors (Lipinski definition) is 10. The van der Waals surface area contributed by atoms with Gasteiger partial charge in [-0.25, -0.2) is 0 Å². The number of hydrogen-bond acceptors (Lipinski definition) is 8. The molecule has 0 aromatic carbocycles. The van der Waals surface area contributed by atoms with Crippen LogP contribution < -0.4 is 49.1 Å². The van der Waals surface area contributed by atoms with Crippen molar-refractivity contribution in [1.82, 2.24) is 31.9 Å². The highest BCUT2D eigenvalue weighted by atomic mass is 32.1. The monoisotopic (exact) mass is 642 g/mol. The minimum atomic E-state index is -1.05. The smallest absolute Gasteiger partial charge is 0.305 e. The molecule has 13 N–H and O–H groups in total. The second-order valence-corrected chi connectivity index (χ2v) is 10.7. The summed E-state index contributed by atoms with van der Waals surface area (Å²) >= 11 is 5.11. The highest BCUT2D eigenvalue weighted by molar-refractivity contribution is 7.80. The van der Waals surface area contributed by atoms with Crippen LogP contribution in [-0.2, 0) is 28.8 Å². The summed E-state index contributed by atoms with van der Waals surface area (Å²) in [5.41, 5.74) is 16.2. The lowest BCUT2D eigenvalue weighted by molar-refractivity contribution is -0.137. The Hall–Kier alpha value is -4.22. The van der Waals surface area contributed by atoms with Crippen molar-refractivity contribution in [3.63, 3.8) is 0 Å². The fourth-order valence-corrected chi connectivity index (χ4v) is 4.40. The molecular formula is C26H46N10O7S. The van der Waals surface area contributed by atoms with Gasteiger partial charge in [-0.05, 0) is 63.6 Å². The van der Waals surface area contributed by atoms with Gasteiger partial charge in [0.05, 0.1) is 6.42 Å². The van der Waals surface area contributed by atoms with Crippen molar-refractivity contribution < 1.29 is 33.9 Å². The number of carboxylic acids is 1. The predicted octanol–water partition coefficient (Wildman–Crippen LogP) is -2.83. The lowest BCUT2D eigenvalue weighted by Gasteiger charge is -2.25. The maximum Gasteiger partial charge on any atom is 0.305 e. The summed E-state index contributed by atoms with van der Waals surface area (Å²) < 4.78 is 0. The molecule has 0 spiro atoms. The number of aliphatic imine (C=N–C) groups is 1. The molecule has 3 atom stereocenters. The number of carbonyl (C=O) groups excluding carboxylic acids is 5. The van der Waals surface area contributed by atoms with Crippen LogP contribution in [0.5, 0.6) is 0 Å². The highest BCUT2D eigenvalue weighted by Gasteiger charge is 2.29. The molecule has 1 rings (SSSR count). The van der Waals surface area contributed by atoms with Crippen LogP contribution in [0.25, 0.3) is 0 Å². The third kappa shape index (κ3) is 17.7. The standard InChI is InChI=1S/C26H46N10O7S/c27-22(41)16-8-5-9-19(37)30-14-10-20(38)34-17(6-1-3-12-31-25(28)29)23(42)36-18(24(43)35-16)7-2-4-13-32-26(44)33-15-11-21(39)40/h16-18H,1-15H2,(H2,27,41)(H,30,37)(H,34,38)(H,35,43)(H,36,42)(H,39,40)(H4,28,29,31)(H2,32,33,44)/t16-,17-,18-/m0/s1. The van der Waals surface area contributed by atoms with Gasteiger partial charge in [-0.1, -0.05) is 0 Å². The van der Waals surface area contributed by atoms with Crippen molar-refractivity contribution in [1.29, 1.82) is 0 Å². The molecule has 0 unspecified atom stereocenters. The zero-order valence-corrected chi connectivity index (χ0v) is 25.6. The summed E-state index contributed by atoms with van der Waals surface area (Å²) in [4.78, 5) is 78.0. The molecule has 0 aromatic rings. The van der Waals surface area contributed by atoms with Crippen LogP contribution in [0, 0.1) is 0 Å². The van der Waals surface area contributed by atoms with Crippen molar-refractivity contribution >= 4 is 58.8 Å². The Balaban J connectivity index is 2.98. The van der Waals surface area contributed by atoms with E-state index in [9.17, 15) is 28.8 Å². The summed E-state index contributed by atoms with van der Waals surface area (Å²) in [6.07, 6.45) is 2.75. The molecule has 0 radical (unpaired) electrons. The maximum atomic E-state index is 13.4. The Labute approximate surface area is 261 Å². The first-order valence-electron chi connectivity index (χ1n) is 14.6. The number of thiocarbonyl (C=S) groups is 1. The Morgan fingerprint density at radius 2 is 1.50 bits per heavy atom. The Morgan fingerprint density at radius 1 is 0.864 bits per heavy atom. The van der Waals surface area contributed by atoms with Crippen LogP contribution >= 0.6 is 12.2 Å². The Kier molecular flexibility index (Phi) is 18.4. The van der Waals surface area contributed by atoms with Crippen LogP contribution in [0.15, 0.2) is 4.99 Å². The van der Waals surface area contributed by atoms with Crippen molar-refractivity contribution in [3.05, 3.63) is 0 Å². The average Bonchev–Trinajstić information content (AvgIpc) is 2.93. The number of guanidine groups is 1. The number of carboxylic acid groups (broad SMARTS) is 1. The summed E-state index contributed by atoms with van der Waals surface area (Å²) in [7, 11) is 0. The van der Waals surface area contributed by atoms with Crippen molar-refractivity contribution in [3.8, 4) is 0 Å². The lowest BCUT2D eigenvalue weighted by atomic mass is 10.0. The van der Waals surface area contributed by atoms with E-state index in [0.29, 0.717) is 43.9 Å².